The molecule has 28 heavy (non-hydrogen) atoms. The fourth-order valence-electron chi connectivity index (χ4n) is 6.31. The van der Waals surface area contributed by atoms with E-state index in [1.54, 1.807) is 0 Å². The summed E-state index contributed by atoms with van der Waals surface area (Å²) >= 11 is 0. The van der Waals surface area contributed by atoms with Gasteiger partial charge in [0.05, 0.1) is 0 Å². The van der Waals surface area contributed by atoms with Crippen molar-refractivity contribution in [3.8, 4) is 0 Å². The largest absolute Gasteiger partial charge is 1.00 e. The van der Waals surface area contributed by atoms with Gasteiger partial charge in [-0.1, -0.05) is 30.3 Å². The normalized spacial score (nSPS) is 30.4. The molecule has 2 nitrogen and oxygen atoms in total. The molecule has 1 aromatic heterocycles. The third-order valence-electron chi connectivity index (χ3n) is 7.17. The summed E-state index contributed by atoms with van der Waals surface area (Å²) < 4.78 is 2.14. The number of rotatable bonds is 5. The molecule has 0 spiro atoms. The second kappa shape index (κ2) is 7.94. The van der Waals surface area contributed by atoms with Gasteiger partial charge in [0, 0.05) is 23.6 Å². The van der Waals surface area contributed by atoms with Crippen molar-refractivity contribution in [3.05, 3.63) is 66.0 Å². The number of aromatic nitrogens is 1. The smallest absolute Gasteiger partial charge is 0.207 e. The van der Waals surface area contributed by atoms with Gasteiger partial charge >= 0.3 is 0 Å². The molecule has 4 aliphatic carbocycles. The average molecular weight is 438 g/mol. The van der Waals surface area contributed by atoms with Crippen molar-refractivity contribution in [1.29, 1.82) is 0 Å². The van der Waals surface area contributed by atoms with Crippen molar-refractivity contribution in [2.75, 3.05) is 0 Å². The van der Waals surface area contributed by atoms with Gasteiger partial charge in [0.1, 0.15) is 0 Å². The molecule has 0 amide bonds. The lowest BCUT2D eigenvalue weighted by Crippen LogP contribution is -3.00. The maximum atomic E-state index is 13.4. The van der Waals surface area contributed by atoms with Crippen LogP contribution in [0, 0.1) is 23.2 Å². The van der Waals surface area contributed by atoms with Crippen molar-refractivity contribution >= 4 is 17.9 Å². The van der Waals surface area contributed by atoms with Gasteiger partial charge in [-0.3, -0.25) is 4.79 Å². The molecule has 0 N–H and O–H groups in total. The summed E-state index contributed by atoms with van der Waals surface area (Å²) in [5.41, 5.74) is 2.26. The number of ketones is 1. The molecule has 4 fully saturated rings. The number of pyridine rings is 1. The Morgan fingerprint density at radius 1 is 0.893 bits per heavy atom. The molecule has 2 aromatic rings. The third-order valence-corrected chi connectivity index (χ3v) is 7.17. The lowest BCUT2D eigenvalue weighted by molar-refractivity contribution is -0.686. The van der Waals surface area contributed by atoms with Crippen molar-refractivity contribution in [2.24, 2.45) is 23.2 Å². The van der Waals surface area contributed by atoms with Gasteiger partial charge in [0.15, 0.2) is 6.20 Å². The third kappa shape index (κ3) is 3.74. The predicted molar refractivity (Wildman–Crippen MR) is 108 cm³/mol. The highest BCUT2D eigenvalue weighted by Gasteiger charge is 2.55. The fourth-order valence-corrected chi connectivity index (χ4v) is 6.31. The van der Waals surface area contributed by atoms with E-state index in [1.165, 1.54) is 24.8 Å². The first kappa shape index (κ1) is 19.6. The standard InChI is InChI=1S/C25H28NO.BrH/c27-24(25-15-20-12-21(16-25)14-22(13-20)17-25)18-26-11-5-4-8-23(26)10-9-19-6-2-1-3-7-19;/h1-11,20-22H,12-18H2;1H/q+1;/p-1/b10-9+;. The summed E-state index contributed by atoms with van der Waals surface area (Å²) in [6, 6.07) is 16.5. The monoisotopic (exact) mass is 437 g/mol. The van der Waals surface area contributed by atoms with Gasteiger partial charge in [-0.15, -0.1) is 0 Å². The van der Waals surface area contributed by atoms with E-state index in [1.807, 2.05) is 12.1 Å². The van der Waals surface area contributed by atoms with Gasteiger partial charge in [-0.25, -0.2) is 0 Å². The molecule has 4 bridgehead atoms. The van der Waals surface area contributed by atoms with Gasteiger partial charge in [0.2, 0.25) is 18.0 Å². The van der Waals surface area contributed by atoms with E-state index >= 15 is 0 Å². The average Bonchev–Trinajstić information content (AvgIpc) is 2.67. The fraction of sp³-hybridized carbons (Fsp3) is 0.440. The molecular weight excluding hydrogens is 410 g/mol. The Labute approximate surface area is 178 Å². The Hall–Kier alpha value is -1.74. The SMILES string of the molecule is O=C(C[n+]1ccccc1/C=C/c1ccccc1)C12CC3CC(CC(C3)C1)C2.[Br-]. The Balaban J connectivity index is 0.00000192. The predicted octanol–water partition coefficient (Wildman–Crippen LogP) is 1.93. The first-order valence-electron chi connectivity index (χ1n) is 10.5. The quantitative estimate of drug-likeness (QED) is 0.654. The van der Waals surface area contributed by atoms with Crippen LogP contribution in [0.1, 0.15) is 49.8 Å². The van der Waals surface area contributed by atoms with Crippen molar-refractivity contribution < 1.29 is 26.3 Å². The van der Waals surface area contributed by atoms with Crippen molar-refractivity contribution in [3.63, 3.8) is 0 Å². The van der Waals surface area contributed by atoms with Gasteiger partial charge < -0.3 is 17.0 Å². The van der Waals surface area contributed by atoms with Crippen LogP contribution in [0.15, 0.2) is 54.7 Å². The molecule has 4 aliphatic rings. The Morgan fingerprint density at radius 3 is 2.14 bits per heavy atom. The minimum absolute atomic E-state index is 0. The number of hydrogen-bond donors (Lipinski definition) is 0. The van der Waals surface area contributed by atoms with Gasteiger partial charge in [-0.05, 0) is 74.0 Å². The molecule has 6 rings (SSSR count). The zero-order valence-electron chi connectivity index (χ0n) is 16.3. The first-order chi connectivity index (χ1) is 13.2. The van der Waals surface area contributed by atoms with Crippen LogP contribution in [0.4, 0.5) is 0 Å². The summed E-state index contributed by atoms with van der Waals surface area (Å²) in [4.78, 5) is 13.4. The maximum Gasteiger partial charge on any atom is 0.207 e. The molecule has 0 radical (unpaired) electrons. The van der Waals surface area contributed by atoms with Gasteiger partial charge in [0.25, 0.3) is 0 Å². The van der Waals surface area contributed by atoms with Crippen LogP contribution in [0.2, 0.25) is 0 Å². The van der Waals surface area contributed by atoms with Gasteiger partial charge in [-0.2, -0.15) is 4.57 Å². The number of hydrogen-bond acceptors (Lipinski definition) is 1. The molecule has 0 saturated heterocycles. The minimum Gasteiger partial charge on any atom is -1.00 e. The Morgan fingerprint density at radius 2 is 1.50 bits per heavy atom. The molecule has 0 atom stereocenters. The molecule has 0 unspecified atom stereocenters. The van der Waals surface area contributed by atoms with Crippen molar-refractivity contribution in [2.45, 2.75) is 45.1 Å². The number of nitrogens with zero attached hydrogens (tertiary/aromatic N) is 1. The molecule has 146 valence electrons. The molecule has 4 saturated carbocycles. The lowest BCUT2D eigenvalue weighted by atomic mass is 9.48. The van der Waals surface area contributed by atoms with E-state index in [4.69, 9.17) is 0 Å². The summed E-state index contributed by atoms with van der Waals surface area (Å²) in [6.45, 7) is 0.515. The van der Waals surface area contributed by atoms with E-state index < -0.39 is 0 Å². The number of benzene rings is 1. The summed E-state index contributed by atoms with van der Waals surface area (Å²) in [5.74, 6) is 2.93. The van der Waals surface area contributed by atoms with Crippen LogP contribution in [-0.4, -0.2) is 5.78 Å². The highest BCUT2D eigenvalue weighted by Crippen LogP contribution is 2.60. The van der Waals surface area contributed by atoms with Crippen LogP contribution >= 0.6 is 0 Å². The van der Waals surface area contributed by atoms with Crippen LogP contribution in [0.5, 0.6) is 0 Å². The van der Waals surface area contributed by atoms with E-state index in [-0.39, 0.29) is 22.4 Å². The Kier molecular flexibility index (Phi) is 5.55. The van der Waals surface area contributed by atoms with Crippen LogP contribution in [0.3, 0.4) is 0 Å². The van der Waals surface area contributed by atoms with E-state index in [0.717, 1.165) is 42.7 Å². The molecule has 1 aromatic carbocycles. The minimum atomic E-state index is -0.0159. The molecule has 0 aliphatic heterocycles. The van der Waals surface area contributed by atoms with Crippen LogP contribution < -0.4 is 21.5 Å². The highest BCUT2D eigenvalue weighted by molar-refractivity contribution is 5.84. The zero-order chi connectivity index (χ0) is 18.3. The lowest BCUT2D eigenvalue weighted by Gasteiger charge is -2.55. The first-order valence-corrected chi connectivity index (χ1v) is 10.5. The maximum absolute atomic E-state index is 13.4. The highest BCUT2D eigenvalue weighted by atomic mass is 79.9. The number of carbonyl (C=O) groups is 1. The summed E-state index contributed by atoms with van der Waals surface area (Å²) in [7, 11) is 0. The van der Waals surface area contributed by atoms with Crippen LogP contribution in [0.25, 0.3) is 12.2 Å². The van der Waals surface area contributed by atoms with E-state index in [9.17, 15) is 4.79 Å². The number of Topliss-reactive ketones (excluding diaryl/α,β-unsaturated/α-hetero) is 1. The second-order valence-electron chi connectivity index (χ2n) is 9.12. The summed E-state index contributed by atoms with van der Waals surface area (Å²) in [5, 5.41) is 0. The topological polar surface area (TPSA) is 20.9 Å². The summed E-state index contributed by atoms with van der Waals surface area (Å²) in [6.07, 6.45) is 13.9. The number of carbonyl (C=O) groups excluding carboxylic acids is 1. The molecule has 3 heteroatoms. The molecule has 1 heterocycles. The Bertz CT molecular complexity index is 838. The zero-order valence-corrected chi connectivity index (χ0v) is 17.9. The second-order valence-corrected chi connectivity index (χ2v) is 9.12. The molecular formula is C25H28BrNO. The van der Waals surface area contributed by atoms with E-state index in [2.05, 4.69) is 59.3 Å². The number of halogens is 1. The van der Waals surface area contributed by atoms with E-state index in [0.29, 0.717) is 12.3 Å². The van der Waals surface area contributed by atoms with Crippen molar-refractivity contribution in [1.82, 2.24) is 0 Å². The van der Waals surface area contributed by atoms with Crippen LogP contribution in [-0.2, 0) is 11.3 Å².